The Labute approximate surface area is 68.8 Å². The van der Waals surface area contributed by atoms with Crippen LogP contribution in [0.1, 0.15) is 5.56 Å². The predicted octanol–water partition coefficient (Wildman–Crippen LogP) is 2.17. The average molecular weight is 159 g/mol. The molecule has 0 fully saturated rings. The van der Waals surface area contributed by atoms with Gasteiger partial charge in [0.1, 0.15) is 11.6 Å². The molecule has 0 aliphatic rings. The van der Waals surface area contributed by atoms with Gasteiger partial charge >= 0.3 is 0 Å². The van der Waals surface area contributed by atoms with E-state index in [2.05, 4.69) is 10.0 Å². The normalized spacial score (nSPS) is 8.00. The van der Waals surface area contributed by atoms with Crippen LogP contribution in [0.4, 0.5) is 0 Å². The predicted molar refractivity (Wildman–Crippen MR) is 44.7 cm³/mol. The summed E-state index contributed by atoms with van der Waals surface area (Å²) >= 11 is 0. The minimum atomic E-state index is -0.0156. The molecule has 0 aliphatic carbocycles. The van der Waals surface area contributed by atoms with Crippen LogP contribution in [0.5, 0.6) is 0 Å². The van der Waals surface area contributed by atoms with Gasteiger partial charge < -0.3 is 0 Å². The van der Waals surface area contributed by atoms with E-state index in [0.717, 1.165) is 0 Å². The molecule has 0 atom stereocenters. The van der Waals surface area contributed by atoms with Gasteiger partial charge in [-0.05, 0) is 16.2 Å². The van der Waals surface area contributed by atoms with Crippen molar-refractivity contribution in [1.82, 2.24) is 0 Å². The van der Waals surface area contributed by atoms with E-state index >= 15 is 0 Å². The Hall–Kier alpha value is -2.02. The van der Waals surface area contributed by atoms with E-state index in [1.54, 1.807) is 30.2 Å². The Balaban J connectivity index is 3.13. The summed E-state index contributed by atoms with van der Waals surface area (Å²) in [4.78, 5) is 12.8. The van der Waals surface area contributed by atoms with Gasteiger partial charge in [0, 0.05) is 4.91 Å². The van der Waals surface area contributed by atoms with E-state index in [9.17, 15) is 4.79 Å². The molecule has 12 heavy (non-hydrogen) atoms. The summed E-state index contributed by atoms with van der Waals surface area (Å²) in [6, 6.07) is 8.66. The van der Waals surface area contributed by atoms with Gasteiger partial charge in [0.15, 0.2) is 0 Å². The zero-order chi connectivity index (χ0) is 8.81. The van der Waals surface area contributed by atoms with Crippen LogP contribution >= 0.6 is 0 Å². The Morgan fingerprint density at radius 2 is 2.08 bits per heavy atom. The van der Waals surface area contributed by atoms with Crippen molar-refractivity contribution in [3.05, 3.63) is 46.3 Å². The van der Waals surface area contributed by atoms with Crippen LogP contribution in [0.3, 0.4) is 0 Å². The van der Waals surface area contributed by atoms with E-state index in [0.29, 0.717) is 5.56 Å². The lowest BCUT2D eigenvalue weighted by atomic mass is 10.2. The fraction of sp³-hybridized carbons (Fsp3) is 0. The van der Waals surface area contributed by atoms with Crippen molar-refractivity contribution < 1.29 is 4.79 Å². The summed E-state index contributed by atoms with van der Waals surface area (Å²) in [5.41, 5.74) is 8.65. The second-order valence-electron chi connectivity index (χ2n) is 2.01. The smallest absolute Gasteiger partial charge is 0.135 e. The van der Waals surface area contributed by atoms with Crippen molar-refractivity contribution in [2.24, 2.45) is 5.11 Å². The van der Waals surface area contributed by atoms with Gasteiger partial charge in [-0.2, -0.15) is 0 Å². The van der Waals surface area contributed by atoms with Gasteiger partial charge in [-0.1, -0.05) is 30.3 Å². The summed E-state index contributed by atoms with van der Waals surface area (Å²) in [5, 5.41) is 3.19. The van der Waals surface area contributed by atoms with Gasteiger partial charge in [0.2, 0.25) is 0 Å². The lowest BCUT2D eigenvalue weighted by Gasteiger charge is -1.92. The molecule has 0 aromatic heterocycles. The molecular formula is C8H5N3O. The lowest BCUT2D eigenvalue weighted by molar-refractivity contribution is 0.569. The quantitative estimate of drug-likeness (QED) is 0.282. The summed E-state index contributed by atoms with van der Waals surface area (Å²) in [6.45, 7) is 0. The number of nitrogens with zero attached hydrogens (tertiary/aromatic N) is 3. The largest absolute Gasteiger partial charge is 0.233 e. The number of hydrogen-bond acceptors (Lipinski definition) is 2. The first-order chi connectivity index (χ1) is 5.88. The van der Waals surface area contributed by atoms with Crippen molar-refractivity contribution in [2.75, 3.05) is 0 Å². The number of hydrogen-bond donors (Lipinski definition) is 0. The SMILES string of the molecule is [N-]=[N+]=NC(=C=O)c1ccccc1. The van der Waals surface area contributed by atoms with Gasteiger partial charge in [0.05, 0.1) is 0 Å². The average Bonchev–Trinajstić information content (AvgIpc) is 2.15. The van der Waals surface area contributed by atoms with Gasteiger partial charge in [-0.3, -0.25) is 0 Å². The molecule has 4 heteroatoms. The molecule has 0 bridgehead atoms. The minimum absolute atomic E-state index is 0.0156. The Morgan fingerprint density at radius 1 is 1.42 bits per heavy atom. The molecule has 58 valence electrons. The van der Waals surface area contributed by atoms with E-state index in [1.165, 1.54) is 0 Å². The van der Waals surface area contributed by atoms with Crippen molar-refractivity contribution in [1.29, 1.82) is 0 Å². The van der Waals surface area contributed by atoms with Gasteiger partial charge in [0.25, 0.3) is 0 Å². The van der Waals surface area contributed by atoms with Crippen LogP contribution in [0.25, 0.3) is 16.1 Å². The minimum Gasteiger partial charge on any atom is -0.233 e. The number of azide groups is 1. The molecule has 1 aromatic rings. The molecule has 1 rings (SSSR count). The number of rotatable bonds is 2. The van der Waals surface area contributed by atoms with Crippen LogP contribution in [0.15, 0.2) is 35.4 Å². The summed E-state index contributed by atoms with van der Waals surface area (Å²) in [5.74, 6) is 1.57. The second-order valence-corrected chi connectivity index (χ2v) is 2.01. The molecule has 0 unspecified atom stereocenters. The second kappa shape index (κ2) is 3.98. The molecule has 0 saturated heterocycles. The molecule has 0 spiro atoms. The number of carbonyl (C=O) groups excluding carboxylic acids is 1. The first-order valence-corrected chi connectivity index (χ1v) is 3.24. The highest BCUT2D eigenvalue weighted by Gasteiger charge is 1.96. The van der Waals surface area contributed by atoms with Gasteiger partial charge in [-0.25, -0.2) is 4.79 Å². The lowest BCUT2D eigenvalue weighted by Crippen LogP contribution is -1.78. The zero-order valence-electron chi connectivity index (χ0n) is 6.14. The highest BCUT2D eigenvalue weighted by atomic mass is 16.1. The maximum absolute atomic E-state index is 10.3. The van der Waals surface area contributed by atoms with Crippen LogP contribution in [0, 0.1) is 0 Å². The summed E-state index contributed by atoms with van der Waals surface area (Å²) < 4.78 is 0. The standard InChI is InChI=1S/C8H5N3O/c9-11-10-8(6-12)7-4-2-1-3-5-7/h1-5H. The van der Waals surface area contributed by atoms with Crippen molar-refractivity contribution in [2.45, 2.75) is 0 Å². The molecule has 0 saturated carbocycles. The van der Waals surface area contributed by atoms with Crippen molar-refractivity contribution in [3.63, 3.8) is 0 Å². The van der Waals surface area contributed by atoms with Crippen molar-refractivity contribution >= 4 is 11.6 Å². The van der Waals surface area contributed by atoms with E-state index in [4.69, 9.17) is 5.53 Å². The molecule has 0 aliphatic heterocycles. The Morgan fingerprint density at radius 3 is 2.58 bits per heavy atom. The molecule has 0 radical (unpaired) electrons. The third-order valence-electron chi connectivity index (χ3n) is 1.29. The third-order valence-corrected chi connectivity index (χ3v) is 1.29. The molecular weight excluding hydrogens is 154 g/mol. The first-order valence-electron chi connectivity index (χ1n) is 3.24. The van der Waals surface area contributed by atoms with Crippen LogP contribution in [-0.2, 0) is 4.79 Å². The number of benzene rings is 1. The monoisotopic (exact) mass is 159 g/mol. The van der Waals surface area contributed by atoms with Gasteiger partial charge in [-0.15, -0.1) is 0 Å². The molecule has 4 nitrogen and oxygen atoms in total. The van der Waals surface area contributed by atoms with Crippen LogP contribution in [-0.4, -0.2) is 5.94 Å². The molecule has 0 N–H and O–H groups in total. The molecule has 1 aromatic carbocycles. The van der Waals surface area contributed by atoms with Crippen LogP contribution < -0.4 is 0 Å². The first kappa shape index (κ1) is 8.08. The Kier molecular flexibility index (Phi) is 2.68. The topological polar surface area (TPSA) is 65.8 Å². The third kappa shape index (κ3) is 1.73. The zero-order valence-corrected chi connectivity index (χ0v) is 6.14. The fourth-order valence-corrected chi connectivity index (χ4v) is 0.778. The maximum Gasteiger partial charge on any atom is 0.135 e. The maximum atomic E-state index is 10.3. The summed E-state index contributed by atoms with van der Waals surface area (Å²) in [7, 11) is 0. The van der Waals surface area contributed by atoms with E-state index in [1.807, 2.05) is 6.07 Å². The van der Waals surface area contributed by atoms with E-state index < -0.39 is 0 Å². The van der Waals surface area contributed by atoms with E-state index in [-0.39, 0.29) is 5.70 Å². The molecule has 0 heterocycles. The fourth-order valence-electron chi connectivity index (χ4n) is 0.778. The Bertz CT molecular complexity index is 359. The molecule has 0 amide bonds. The van der Waals surface area contributed by atoms with Crippen molar-refractivity contribution in [3.8, 4) is 0 Å². The summed E-state index contributed by atoms with van der Waals surface area (Å²) in [6.07, 6.45) is 0. The highest BCUT2D eigenvalue weighted by molar-refractivity contribution is 5.86. The van der Waals surface area contributed by atoms with Crippen LogP contribution in [0.2, 0.25) is 0 Å². The highest BCUT2D eigenvalue weighted by Crippen LogP contribution is 2.11.